The van der Waals surface area contributed by atoms with Crippen LogP contribution in [-0.4, -0.2) is 73.0 Å². The lowest BCUT2D eigenvalue weighted by Gasteiger charge is -2.35. The van der Waals surface area contributed by atoms with Crippen molar-refractivity contribution in [2.45, 2.75) is 32.9 Å². The lowest BCUT2D eigenvalue weighted by molar-refractivity contribution is -0.114. The number of piperazine rings is 1. The molecular formula is C26H39N5O. The Morgan fingerprint density at radius 2 is 1.44 bits per heavy atom. The average Bonchev–Trinajstić information content (AvgIpc) is 2.80. The second-order valence-corrected chi connectivity index (χ2v) is 8.75. The largest absolute Gasteiger partial charge is 0.330 e. The highest BCUT2D eigenvalue weighted by Gasteiger charge is 2.16. The van der Waals surface area contributed by atoms with Gasteiger partial charge < -0.3 is 20.9 Å². The van der Waals surface area contributed by atoms with Gasteiger partial charge in [0.2, 0.25) is 5.91 Å². The van der Waals surface area contributed by atoms with Crippen molar-refractivity contribution < 1.29 is 4.79 Å². The molecule has 0 bridgehead atoms. The number of hydrogen-bond acceptors (Lipinski definition) is 5. The third kappa shape index (κ3) is 8.71. The fraction of sp³-hybridized carbons (Fsp3) is 0.500. The van der Waals surface area contributed by atoms with E-state index in [1.54, 1.807) is 0 Å². The molecule has 3 rings (SSSR count). The average molecular weight is 438 g/mol. The highest BCUT2D eigenvalue weighted by molar-refractivity contribution is 5.88. The molecule has 6 nitrogen and oxygen atoms in total. The molecule has 1 saturated heterocycles. The first-order valence-electron chi connectivity index (χ1n) is 11.9. The van der Waals surface area contributed by atoms with Crippen LogP contribution in [0.15, 0.2) is 54.6 Å². The maximum Gasteiger partial charge on any atom is 0.221 e. The van der Waals surface area contributed by atoms with E-state index in [0.29, 0.717) is 0 Å². The normalized spacial score (nSPS) is 15.2. The summed E-state index contributed by atoms with van der Waals surface area (Å²) in [5, 5.41) is 2.84. The first-order valence-corrected chi connectivity index (χ1v) is 11.9. The predicted molar refractivity (Wildman–Crippen MR) is 132 cm³/mol. The van der Waals surface area contributed by atoms with Crippen molar-refractivity contribution in [1.82, 2.24) is 14.7 Å². The number of benzene rings is 2. The molecule has 0 aliphatic carbocycles. The van der Waals surface area contributed by atoms with Crippen LogP contribution in [0.5, 0.6) is 0 Å². The van der Waals surface area contributed by atoms with Gasteiger partial charge in [0.25, 0.3) is 0 Å². The molecule has 1 aliphatic heterocycles. The van der Waals surface area contributed by atoms with Crippen LogP contribution in [0.3, 0.4) is 0 Å². The Hall–Kier alpha value is -2.25. The number of rotatable bonds is 12. The molecule has 0 spiro atoms. The van der Waals surface area contributed by atoms with Crippen molar-refractivity contribution >= 4 is 11.6 Å². The standard InChI is InChI=1S/C26H39N5O/c1-23(32)28-26-11-9-25(10-12-26)22-31(21-24-7-3-2-4-8-24)16-6-15-30-19-17-29(18-20-30)14-5-13-27/h2-4,7-12H,5-6,13-22,27H2,1H3,(H,28,32). The van der Waals surface area contributed by atoms with Crippen LogP contribution >= 0.6 is 0 Å². The third-order valence-electron chi connectivity index (χ3n) is 6.02. The molecule has 2 aromatic carbocycles. The van der Waals surface area contributed by atoms with E-state index in [-0.39, 0.29) is 5.91 Å². The SMILES string of the molecule is CC(=O)Nc1ccc(CN(CCCN2CCN(CCCN)CC2)Cc2ccccc2)cc1. The van der Waals surface area contributed by atoms with E-state index in [4.69, 9.17) is 5.73 Å². The van der Waals surface area contributed by atoms with E-state index in [1.807, 2.05) is 12.1 Å². The zero-order valence-electron chi connectivity index (χ0n) is 19.5. The first kappa shape index (κ1) is 24.4. The molecule has 2 aromatic rings. The van der Waals surface area contributed by atoms with Crippen molar-refractivity contribution in [3.05, 3.63) is 65.7 Å². The summed E-state index contributed by atoms with van der Waals surface area (Å²) >= 11 is 0. The second-order valence-electron chi connectivity index (χ2n) is 8.75. The van der Waals surface area contributed by atoms with Gasteiger partial charge in [0.15, 0.2) is 0 Å². The Kier molecular flexibility index (Phi) is 10.2. The van der Waals surface area contributed by atoms with E-state index in [9.17, 15) is 4.79 Å². The molecule has 0 saturated carbocycles. The summed E-state index contributed by atoms with van der Waals surface area (Å²) in [6.45, 7) is 12.2. The first-order chi connectivity index (χ1) is 15.6. The van der Waals surface area contributed by atoms with Crippen molar-refractivity contribution in [2.75, 3.05) is 57.7 Å². The Morgan fingerprint density at radius 1 is 0.875 bits per heavy atom. The van der Waals surface area contributed by atoms with Crippen molar-refractivity contribution in [3.8, 4) is 0 Å². The summed E-state index contributed by atoms with van der Waals surface area (Å²) in [6.07, 6.45) is 2.26. The quantitative estimate of drug-likeness (QED) is 0.534. The minimum absolute atomic E-state index is 0.0383. The van der Waals surface area contributed by atoms with E-state index < -0.39 is 0 Å². The smallest absolute Gasteiger partial charge is 0.221 e. The number of anilines is 1. The molecule has 3 N–H and O–H groups in total. The minimum atomic E-state index is -0.0383. The van der Waals surface area contributed by atoms with Crippen LogP contribution in [0.4, 0.5) is 5.69 Å². The maximum absolute atomic E-state index is 11.3. The van der Waals surface area contributed by atoms with E-state index in [0.717, 1.165) is 77.6 Å². The summed E-state index contributed by atoms with van der Waals surface area (Å²) < 4.78 is 0. The monoisotopic (exact) mass is 437 g/mol. The molecular weight excluding hydrogens is 398 g/mol. The van der Waals surface area contributed by atoms with Gasteiger partial charge in [0.05, 0.1) is 0 Å². The van der Waals surface area contributed by atoms with Gasteiger partial charge in [0, 0.05) is 58.4 Å². The van der Waals surface area contributed by atoms with E-state index >= 15 is 0 Å². The Morgan fingerprint density at radius 3 is 2.00 bits per heavy atom. The van der Waals surface area contributed by atoms with Gasteiger partial charge in [0.1, 0.15) is 0 Å². The van der Waals surface area contributed by atoms with Gasteiger partial charge >= 0.3 is 0 Å². The zero-order chi connectivity index (χ0) is 22.6. The molecule has 0 aromatic heterocycles. The molecule has 174 valence electrons. The van der Waals surface area contributed by atoms with Crippen LogP contribution in [0, 0.1) is 0 Å². The topological polar surface area (TPSA) is 64.8 Å². The van der Waals surface area contributed by atoms with E-state index in [1.165, 1.54) is 24.5 Å². The van der Waals surface area contributed by atoms with Crippen LogP contribution in [0.2, 0.25) is 0 Å². The summed E-state index contributed by atoms with van der Waals surface area (Å²) in [7, 11) is 0. The van der Waals surface area contributed by atoms with Crippen LogP contribution < -0.4 is 11.1 Å². The summed E-state index contributed by atoms with van der Waals surface area (Å²) in [6, 6.07) is 18.9. The number of nitrogens with two attached hydrogens (primary N) is 1. The molecule has 0 unspecified atom stereocenters. The molecule has 0 atom stereocenters. The van der Waals surface area contributed by atoms with Gasteiger partial charge in [-0.1, -0.05) is 42.5 Å². The lowest BCUT2D eigenvalue weighted by atomic mass is 10.1. The number of nitrogens with one attached hydrogen (secondary N) is 1. The Balaban J connectivity index is 1.50. The minimum Gasteiger partial charge on any atom is -0.330 e. The van der Waals surface area contributed by atoms with Gasteiger partial charge in [-0.25, -0.2) is 0 Å². The number of carbonyl (C=O) groups is 1. The Bertz CT molecular complexity index is 788. The van der Waals surface area contributed by atoms with Crippen molar-refractivity contribution in [3.63, 3.8) is 0 Å². The molecule has 6 heteroatoms. The van der Waals surface area contributed by atoms with Crippen molar-refractivity contribution in [1.29, 1.82) is 0 Å². The molecule has 32 heavy (non-hydrogen) atoms. The number of hydrogen-bond donors (Lipinski definition) is 2. The number of carbonyl (C=O) groups excluding carboxylic acids is 1. The predicted octanol–water partition coefficient (Wildman–Crippen LogP) is 3.00. The molecule has 1 amide bonds. The highest BCUT2D eigenvalue weighted by Crippen LogP contribution is 2.14. The summed E-state index contributed by atoms with van der Waals surface area (Å²) in [5.74, 6) is -0.0383. The fourth-order valence-corrected chi connectivity index (χ4v) is 4.28. The van der Waals surface area contributed by atoms with Gasteiger partial charge in [-0.3, -0.25) is 9.69 Å². The van der Waals surface area contributed by atoms with Crippen LogP contribution in [-0.2, 0) is 17.9 Å². The molecule has 0 radical (unpaired) electrons. The van der Waals surface area contributed by atoms with Gasteiger partial charge in [-0.05, 0) is 55.7 Å². The number of amides is 1. The number of nitrogens with zero attached hydrogens (tertiary/aromatic N) is 3. The fourth-order valence-electron chi connectivity index (χ4n) is 4.28. The Labute approximate surface area is 193 Å². The van der Waals surface area contributed by atoms with Gasteiger partial charge in [-0.15, -0.1) is 0 Å². The molecule has 1 heterocycles. The lowest BCUT2D eigenvalue weighted by Crippen LogP contribution is -2.47. The summed E-state index contributed by atoms with van der Waals surface area (Å²) in [4.78, 5) is 18.9. The van der Waals surface area contributed by atoms with Crippen LogP contribution in [0.25, 0.3) is 0 Å². The summed E-state index contributed by atoms with van der Waals surface area (Å²) in [5.41, 5.74) is 9.10. The van der Waals surface area contributed by atoms with Crippen LogP contribution in [0.1, 0.15) is 30.9 Å². The van der Waals surface area contributed by atoms with Gasteiger partial charge in [-0.2, -0.15) is 0 Å². The van der Waals surface area contributed by atoms with Crippen molar-refractivity contribution in [2.24, 2.45) is 5.73 Å². The zero-order valence-corrected chi connectivity index (χ0v) is 19.5. The van der Waals surface area contributed by atoms with E-state index in [2.05, 4.69) is 62.5 Å². The highest BCUT2D eigenvalue weighted by atomic mass is 16.1. The maximum atomic E-state index is 11.3. The second kappa shape index (κ2) is 13.3. The molecule has 1 aliphatic rings. The third-order valence-corrected chi connectivity index (χ3v) is 6.02. The molecule has 1 fully saturated rings.